The van der Waals surface area contributed by atoms with Gasteiger partial charge in [0.05, 0.1) is 0 Å². The Morgan fingerprint density at radius 1 is 1.23 bits per heavy atom. The van der Waals surface area contributed by atoms with Gasteiger partial charge in [0.1, 0.15) is 0 Å². The molecule has 0 aliphatic carbocycles. The molecule has 1 aromatic carbocycles. The number of rotatable bonds is 4. The van der Waals surface area contributed by atoms with Gasteiger partial charge in [-0.3, -0.25) is 0 Å². The molecule has 1 nitrogen and oxygen atoms in total. The van der Waals surface area contributed by atoms with Gasteiger partial charge in [0.25, 0.3) is 0 Å². The van der Waals surface area contributed by atoms with E-state index in [4.69, 9.17) is 0 Å². The van der Waals surface area contributed by atoms with E-state index in [0.717, 1.165) is 19.5 Å². The molecule has 0 unspecified atom stereocenters. The Balaban J connectivity index is 2.61. The first-order valence-electron chi connectivity index (χ1n) is 5.01. The molecule has 1 rings (SSSR count). The molecular weight excluding hydrogens is 158 g/mol. The zero-order valence-corrected chi connectivity index (χ0v) is 8.85. The van der Waals surface area contributed by atoms with Crippen molar-refractivity contribution in [3.63, 3.8) is 0 Å². The van der Waals surface area contributed by atoms with Crippen LogP contribution in [-0.4, -0.2) is 13.1 Å². The van der Waals surface area contributed by atoms with Crippen molar-refractivity contribution in [1.29, 1.82) is 0 Å². The lowest BCUT2D eigenvalue weighted by Crippen LogP contribution is -2.16. The van der Waals surface area contributed by atoms with Gasteiger partial charge in [-0.1, -0.05) is 25.1 Å². The fraction of sp³-hybridized carbons (Fsp3) is 0.500. The molecule has 0 atom stereocenters. The van der Waals surface area contributed by atoms with Gasteiger partial charge in [-0.05, 0) is 50.0 Å². The molecule has 0 aliphatic heterocycles. The molecule has 0 heterocycles. The van der Waals surface area contributed by atoms with Crippen molar-refractivity contribution in [2.75, 3.05) is 13.1 Å². The molecule has 0 radical (unpaired) electrons. The highest BCUT2D eigenvalue weighted by atomic mass is 14.8. The second kappa shape index (κ2) is 5.03. The highest BCUT2D eigenvalue weighted by Crippen LogP contribution is 2.12. The van der Waals surface area contributed by atoms with Gasteiger partial charge in [0.15, 0.2) is 0 Å². The molecule has 0 amide bonds. The van der Waals surface area contributed by atoms with Crippen LogP contribution in [-0.2, 0) is 6.42 Å². The minimum absolute atomic E-state index is 1.06. The van der Waals surface area contributed by atoms with Gasteiger partial charge in [0, 0.05) is 0 Å². The van der Waals surface area contributed by atoms with E-state index in [-0.39, 0.29) is 0 Å². The zero-order chi connectivity index (χ0) is 9.68. The first-order chi connectivity index (χ1) is 6.25. The smallest absolute Gasteiger partial charge is 0.000837 e. The van der Waals surface area contributed by atoms with Crippen LogP contribution >= 0.6 is 0 Å². The summed E-state index contributed by atoms with van der Waals surface area (Å²) >= 11 is 0. The Hall–Kier alpha value is -0.820. The molecule has 1 aromatic rings. The number of hydrogen-bond donors (Lipinski definition) is 1. The van der Waals surface area contributed by atoms with Crippen LogP contribution in [0.5, 0.6) is 0 Å². The molecule has 1 heteroatoms. The Kier molecular flexibility index (Phi) is 3.97. The van der Waals surface area contributed by atoms with Crippen LogP contribution in [0.2, 0.25) is 0 Å². The van der Waals surface area contributed by atoms with Crippen molar-refractivity contribution < 1.29 is 0 Å². The molecule has 72 valence electrons. The number of benzene rings is 1. The second-order valence-electron chi connectivity index (χ2n) is 3.46. The van der Waals surface area contributed by atoms with Gasteiger partial charge in [0.2, 0.25) is 0 Å². The number of nitrogens with one attached hydrogen (secondary N) is 1. The molecule has 0 fully saturated rings. The number of aryl methyl sites for hydroxylation is 1. The van der Waals surface area contributed by atoms with Crippen LogP contribution in [0.25, 0.3) is 0 Å². The third kappa shape index (κ3) is 2.85. The summed E-state index contributed by atoms with van der Waals surface area (Å²) in [4.78, 5) is 0. The summed E-state index contributed by atoms with van der Waals surface area (Å²) in [5.74, 6) is 0. The minimum Gasteiger partial charge on any atom is -0.317 e. The molecule has 0 aromatic heterocycles. The lowest BCUT2D eigenvalue weighted by atomic mass is 10.0. The lowest BCUT2D eigenvalue weighted by Gasteiger charge is -2.08. The molecule has 0 bridgehead atoms. The maximum Gasteiger partial charge on any atom is -0.000837 e. The van der Waals surface area contributed by atoms with E-state index >= 15 is 0 Å². The Bertz CT molecular complexity index is 266. The van der Waals surface area contributed by atoms with E-state index < -0.39 is 0 Å². The summed E-state index contributed by atoms with van der Waals surface area (Å²) in [6, 6.07) is 6.54. The summed E-state index contributed by atoms with van der Waals surface area (Å²) < 4.78 is 0. The van der Waals surface area contributed by atoms with Crippen LogP contribution in [0.15, 0.2) is 18.2 Å². The molecule has 0 saturated carbocycles. The molecule has 13 heavy (non-hydrogen) atoms. The van der Waals surface area contributed by atoms with Gasteiger partial charge in [-0.15, -0.1) is 0 Å². The van der Waals surface area contributed by atoms with Gasteiger partial charge >= 0.3 is 0 Å². The summed E-state index contributed by atoms with van der Waals surface area (Å²) in [6.07, 6.45) is 1.14. The monoisotopic (exact) mass is 177 g/mol. The van der Waals surface area contributed by atoms with Crippen molar-refractivity contribution in [2.45, 2.75) is 27.2 Å². The lowest BCUT2D eigenvalue weighted by molar-refractivity contribution is 0.714. The molecule has 0 saturated heterocycles. The molecular formula is C12H19N. The first kappa shape index (κ1) is 10.3. The highest BCUT2D eigenvalue weighted by Gasteiger charge is 1.98. The first-order valence-corrected chi connectivity index (χ1v) is 5.01. The van der Waals surface area contributed by atoms with Crippen LogP contribution in [0.3, 0.4) is 0 Å². The van der Waals surface area contributed by atoms with E-state index in [1.807, 2.05) is 0 Å². The summed E-state index contributed by atoms with van der Waals surface area (Å²) in [5.41, 5.74) is 4.32. The van der Waals surface area contributed by atoms with Crippen molar-refractivity contribution in [3.8, 4) is 0 Å². The predicted octanol–water partition coefficient (Wildman–Crippen LogP) is 2.46. The summed E-state index contributed by atoms with van der Waals surface area (Å²) in [7, 11) is 0. The van der Waals surface area contributed by atoms with Crippen LogP contribution in [0.1, 0.15) is 23.6 Å². The predicted molar refractivity (Wildman–Crippen MR) is 58.2 cm³/mol. The largest absolute Gasteiger partial charge is 0.317 e. The Labute approximate surface area is 81.2 Å². The van der Waals surface area contributed by atoms with Crippen LogP contribution in [0, 0.1) is 13.8 Å². The van der Waals surface area contributed by atoms with Crippen LogP contribution < -0.4 is 5.32 Å². The second-order valence-corrected chi connectivity index (χ2v) is 3.46. The van der Waals surface area contributed by atoms with E-state index in [1.54, 1.807) is 0 Å². The van der Waals surface area contributed by atoms with Crippen molar-refractivity contribution >= 4 is 0 Å². The quantitative estimate of drug-likeness (QED) is 0.697. The molecule has 0 aliphatic rings. The number of likely N-dealkylation sites (N-methyl/N-ethyl adjacent to an activating group) is 1. The molecule has 0 spiro atoms. The molecule has 1 N–H and O–H groups in total. The third-order valence-electron chi connectivity index (χ3n) is 2.54. The van der Waals surface area contributed by atoms with Crippen molar-refractivity contribution in [1.82, 2.24) is 5.32 Å². The average Bonchev–Trinajstić information content (AvgIpc) is 2.13. The Morgan fingerprint density at radius 3 is 2.69 bits per heavy atom. The van der Waals surface area contributed by atoms with Crippen LogP contribution in [0.4, 0.5) is 0 Å². The standard InChI is InChI=1S/C12H19N/c1-4-13-9-8-12-7-5-6-10(2)11(12)3/h5-7,13H,4,8-9H2,1-3H3. The van der Waals surface area contributed by atoms with Crippen molar-refractivity contribution in [3.05, 3.63) is 34.9 Å². The van der Waals surface area contributed by atoms with Gasteiger partial charge in [-0.2, -0.15) is 0 Å². The van der Waals surface area contributed by atoms with Gasteiger partial charge in [-0.25, -0.2) is 0 Å². The van der Waals surface area contributed by atoms with E-state index in [2.05, 4.69) is 44.3 Å². The van der Waals surface area contributed by atoms with Gasteiger partial charge < -0.3 is 5.32 Å². The fourth-order valence-corrected chi connectivity index (χ4v) is 1.48. The maximum atomic E-state index is 3.34. The SMILES string of the molecule is CCNCCc1cccc(C)c1C. The highest BCUT2D eigenvalue weighted by molar-refractivity contribution is 5.33. The summed E-state index contributed by atoms with van der Waals surface area (Å²) in [6.45, 7) is 8.66. The van der Waals surface area contributed by atoms with E-state index in [0.29, 0.717) is 0 Å². The number of hydrogen-bond acceptors (Lipinski definition) is 1. The maximum absolute atomic E-state index is 3.34. The summed E-state index contributed by atoms with van der Waals surface area (Å²) in [5, 5.41) is 3.34. The van der Waals surface area contributed by atoms with Crippen molar-refractivity contribution in [2.24, 2.45) is 0 Å². The third-order valence-corrected chi connectivity index (χ3v) is 2.54. The minimum atomic E-state index is 1.06. The van der Waals surface area contributed by atoms with E-state index in [9.17, 15) is 0 Å². The van der Waals surface area contributed by atoms with E-state index in [1.165, 1.54) is 16.7 Å². The fourth-order valence-electron chi connectivity index (χ4n) is 1.48. The average molecular weight is 177 g/mol. The Morgan fingerprint density at radius 2 is 2.00 bits per heavy atom. The normalized spacial score (nSPS) is 10.4. The topological polar surface area (TPSA) is 12.0 Å². The zero-order valence-electron chi connectivity index (χ0n) is 8.85.